The van der Waals surface area contributed by atoms with E-state index in [1.165, 1.54) is 19.2 Å². The fraction of sp³-hybridized carbons (Fsp3) is 0.533. The molecule has 1 aromatic carbocycles. The number of hydrogen-bond acceptors (Lipinski definition) is 4. The highest BCUT2D eigenvalue weighted by Crippen LogP contribution is 2.30. The van der Waals surface area contributed by atoms with Crippen LogP contribution in [0.2, 0.25) is 0 Å². The lowest BCUT2D eigenvalue weighted by Crippen LogP contribution is -2.64. The van der Waals surface area contributed by atoms with Crippen LogP contribution in [0.3, 0.4) is 0 Å². The fourth-order valence-corrected chi connectivity index (χ4v) is 2.03. The minimum Gasteiger partial charge on any atom is -0.467 e. The van der Waals surface area contributed by atoms with Crippen LogP contribution in [0, 0.1) is 5.92 Å². The monoisotopic (exact) mass is 318 g/mol. The van der Waals surface area contributed by atoms with Gasteiger partial charge < -0.3 is 10.5 Å². The molecule has 0 saturated heterocycles. The smallest absolute Gasteiger partial charge is 0.416 e. The average Bonchev–Trinajstić information content (AvgIpc) is 2.45. The Morgan fingerprint density at radius 1 is 1.18 bits per heavy atom. The molecule has 0 bridgehead atoms. The molecule has 0 spiro atoms. The maximum atomic E-state index is 12.6. The van der Waals surface area contributed by atoms with Crippen molar-refractivity contribution >= 4 is 5.97 Å². The van der Waals surface area contributed by atoms with Crippen molar-refractivity contribution < 1.29 is 22.7 Å². The maximum absolute atomic E-state index is 12.6. The van der Waals surface area contributed by atoms with Crippen LogP contribution >= 0.6 is 0 Å². The highest BCUT2D eigenvalue weighted by molar-refractivity contribution is 5.80. The van der Waals surface area contributed by atoms with E-state index in [1.54, 1.807) is 20.8 Å². The Labute approximate surface area is 127 Å². The lowest BCUT2D eigenvalue weighted by atomic mass is 9.94. The minimum absolute atomic E-state index is 0.267. The molecule has 0 radical (unpaired) electrons. The van der Waals surface area contributed by atoms with Crippen LogP contribution in [0.15, 0.2) is 24.3 Å². The van der Waals surface area contributed by atoms with E-state index < -0.39 is 29.4 Å². The number of halogens is 3. The van der Waals surface area contributed by atoms with E-state index in [1.807, 2.05) is 0 Å². The number of nitrogens with one attached hydrogen (secondary N) is 1. The zero-order valence-corrected chi connectivity index (χ0v) is 13.0. The summed E-state index contributed by atoms with van der Waals surface area (Å²) in [5.74, 6) is -0.891. The van der Waals surface area contributed by atoms with Gasteiger partial charge in [0, 0.05) is 6.04 Å². The second-order valence-corrected chi connectivity index (χ2v) is 5.50. The molecule has 0 fully saturated rings. The highest BCUT2D eigenvalue weighted by atomic mass is 19.4. The molecule has 1 aromatic rings. The molecule has 124 valence electrons. The van der Waals surface area contributed by atoms with Crippen LogP contribution < -0.4 is 11.1 Å². The molecule has 0 amide bonds. The van der Waals surface area contributed by atoms with E-state index in [0.717, 1.165) is 12.1 Å². The normalized spacial score (nSPS) is 16.2. The Hall–Kier alpha value is -1.60. The molecule has 2 atom stereocenters. The molecule has 22 heavy (non-hydrogen) atoms. The predicted molar refractivity (Wildman–Crippen MR) is 76.8 cm³/mol. The van der Waals surface area contributed by atoms with Crippen molar-refractivity contribution in [1.82, 2.24) is 5.32 Å². The van der Waals surface area contributed by atoms with Crippen molar-refractivity contribution in [3.05, 3.63) is 35.4 Å². The van der Waals surface area contributed by atoms with Crippen LogP contribution in [0.1, 0.15) is 37.9 Å². The molecule has 3 N–H and O–H groups in total. The first-order valence-corrected chi connectivity index (χ1v) is 6.84. The Balaban J connectivity index is 2.96. The summed E-state index contributed by atoms with van der Waals surface area (Å²) in [6.45, 7) is 5.22. The topological polar surface area (TPSA) is 64.3 Å². The quantitative estimate of drug-likeness (QED) is 0.647. The first-order chi connectivity index (χ1) is 10.0. The van der Waals surface area contributed by atoms with E-state index in [-0.39, 0.29) is 5.92 Å². The molecule has 0 aliphatic carbocycles. The summed E-state index contributed by atoms with van der Waals surface area (Å²) in [6, 6.07) is 4.30. The van der Waals surface area contributed by atoms with E-state index in [2.05, 4.69) is 5.32 Å². The average molecular weight is 318 g/mol. The van der Waals surface area contributed by atoms with Crippen LogP contribution in [0.4, 0.5) is 13.2 Å². The predicted octanol–water partition coefficient (Wildman–Crippen LogP) is 2.84. The molecule has 0 heterocycles. The number of benzene rings is 1. The van der Waals surface area contributed by atoms with E-state index >= 15 is 0 Å². The van der Waals surface area contributed by atoms with Gasteiger partial charge in [0.1, 0.15) is 0 Å². The van der Waals surface area contributed by atoms with Gasteiger partial charge in [-0.25, -0.2) is 4.79 Å². The zero-order chi connectivity index (χ0) is 17.1. The highest BCUT2D eigenvalue weighted by Gasteiger charge is 2.40. The molecule has 7 heteroatoms. The van der Waals surface area contributed by atoms with Crippen molar-refractivity contribution in [2.45, 2.75) is 38.7 Å². The fourth-order valence-electron chi connectivity index (χ4n) is 2.03. The van der Waals surface area contributed by atoms with Gasteiger partial charge in [0.25, 0.3) is 0 Å². The van der Waals surface area contributed by atoms with Crippen molar-refractivity contribution in [2.75, 3.05) is 7.11 Å². The number of hydrogen-bond donors (Lipinski definition) is 2. The molecule has 1 rings (SSSR count). The third-order valence-electron chi connectivity index (χ3n) is 3.63. The molecule has 0 aliphatic heterocycles. The zero-order valence-electron chi connectivity index (χ0n) is 13.0. The van der Waals surface area contributed by atoms with Crippen LogP contribution in [0.25, 0.3) is 0 Å². The number of nitrogens with two attached hydrogens (primary N) is 1. The number of methoxy groups -OCH3 is 1. The van der Waals surface area contributed by atoms with Crippen LogP contribution in [-0.2, 0) is 15.7 Å². The summed E-state index contributed by atoms with van der Waals surface area (Å²) in [5, 5.41) is 2.94. The third kappa shape index (κ3) is 3.98. The first kappa shape index (κ1) is 18.4. The number of ether oxygens (including phenoxy) is 1. The van der Waals surface area contributed by atoms with Crippen molar-refractivity contribution in [2.24, 2.45) is 11.7 Å². The van der Waals surface area contributed by atoms with Crippen molar-refractivity contribution in [3.63, 3.8) is 0 Å². The van der Waals surface area contributed by atoms with Gasteiger partial charge in [0.05, 0.1) is 12.7 Å². The molecular formula is C15H21F3N2O2. The Morgan fingerprint density at radius 2 is 1.68 bits per heavy atom. The lowest BCUT2D eigenvalue weighted by Gasteiger charge is -2.34. The first-order valence-electron chi connectivity index (χ1n) is 6.84. The molecule has 4 nitrogen and oxygen atoms in total. The van der Waals surface area contributed by atoms with E-state index in [0.29, 0.717) is 5.56 Å². The van der Waals surface area contributed by atoms with Crippen molar-refractivity contribution in [3.8, 4) is 0 Å². The van der Waals surface area contributed by atoms with Crippen LogP contribution in [0.5, 0.6) is 0 Å². The van der Waals surface area contributed by atoms with Gasteiger partial charge in [-0.2, -0.15) is 13.2 Å². The van der Waals surface area contributed by atoms with Gasteiger partial charge >= 0.3 is 12.1 Å². The van der Waals surface area contributed by atoms with Gasteiger partial charge in [-0.05, 0) is 30.5 Å². The molecule has 1 unspecified atom stereocenters. The molecule has 0 aromatic heterocycles. The lowest BCUT2D eigenvalue weighted by molar-refractivity contribution is -0.151. The standard InChI is InChI=1S/C15H21F3N2O2/c1-9(2)14(19,13(21)22-4)20-10(3)11-5-7-12(8-6-11)15(16,17)18/h5-10,20H,19H2,1-4H3/t10?,14-/m1/s1. The number of carbonyl (C=O) groups is 1. The van der Waals surface area contributed by atoms with Gasteiger partial charge in [-0.15, -0.1) is 0 Å². The summed E-state index contributed by atoms with van der Waals surface area (Å²) in [5.41, 5.74) is 4.51. The Bertz CT molecular complexity index is 515. The second-order valence-electron chi connectivity index (χ2n) is 5.50. The summed E-state index contributed by atoms with van der Waals surface area (Å²) in [7, 11) is 1.23. The summed E-state index contributed by atoms with van der Waals surface area (Å²) in [6.07, 6.45) is -4.38. The summed E-state index contributed by atoms with van der Waals surface area (Å²) < 4.78 is 42.4. The largest absolute Gasteiger partial charge is 0.467 e. The summed E-state index contributed by atoms with van der Waals surface area (Å²) in [4.78, 5) is 11.9. The summed E-state index contributed by atoms with van der Waals surface area (Å²) >= 11 is 0. The molecular weight excluding hydrogens is 297 g/mol. The van der Waals surface area contributed by atoms with Gasteiger partial charge in [-0.3, -0.25) is 5.32 Å². The Kier molecular flexibility index (Phi) is 5.59. The SMILES string of the molecule is COC(=O)[C@](N)(NC(C)c1ccc(C(F)(F)F)cc1)C(C)C. The van der Waals surface area contributed by atoms with Gasteiger partial charge in [0.2, 0.25) is 0 Å². The second kappa shape index (κ2) is 6.66. The maximum Gasteiger partial charge on any atom is 0.416 e. The van der Waals surface area contributed by atoms with Crippen LogP contribution in [-0.4, -0.2) is 18.7 Å². The Morgan fingerprint density at radius 3 is 2.05 bits per heavy atom. The van der Waals surface area contributed by atoms with Gasteiger partial charge in [0.15, 0.2) is 5.66 Å². The number of alkyl halides is 3. The number of carbonyl (C=O) groups excluding carboxylic acids is 1. The third-order valence-corrected chi connectivity index (χ3v) is 3.63. The molecule has 0 aliphatic rings. The van der Waals surface area contributed by atoms with E-state index in [4.69, 9.17) is 10.5 Å². The molecule has 0 saturated carbocycles. The van der Waals surface area contributed by atoms with Crippen molar-refractivity contribution in [1.29, 1.82) is 0 Å². The van der Waals surface area contributed by atoms with Gasteiger partial charge in [-0.1, -0.05) is 26.0 Å². The number of rotatable bonds is 5. The van der Waals surface area contributed by atoms with E-state index in [9.17, 15) is 18.0 Å². The number of esters is 1. The minimum atomic E-state index is -4.38.